The van der Waals surface area contributed by atoms with Crippen LogP contribution in [0.25, 0.3) is 10.8 Å². The van der Waals surface area contributed by atoms with Gasteiger partial charge in [-0.05, 0) is 42.7 Å². The van der Waals surface area contributed by atoms with E-state index in [9.17, 15) is 36.3 Å². The highest BCUT2D eigenvalue weighted by Gasteiger charge is 2.48. The van der Waals surface area contributed by atoms with Gasteiger partial charge in [0, 0.05) is 56.1 Å². The van der Waals surface area contributed by atoms with E-state index in [0.717, 1.165) is 17.0 Å². The first-order chi connectivity index (χ1) is 18.5. The van der Waals surface area contributed by atoms with E-state index in [2.05, 4.69) is 15.5 Å². The highest BCUT2D eigenvalue weighted by molar-refractivity contribution is 5.96. The molecule has 2 fully saturated rings. The summed E-state index contributed by atoms with van der Waals surface area (Å²) in [6.07, 6.45) is -3.84. The largest absolute Gasteiger partial charge is 0.471 e. The molecule has 2 aromatic carbocycles. The quantitative estimate of drug-likeness (QED) is 0.440. The van der Waals surface area contributed by atoms with Gasteiger partial charge in [0.2, 0.25) is 0 Å². The molecule has 1 saturated heterocycles. The first-order valence-electron chi connectivity index (χ1n) is 12.3. The van der Waals surface area contributed by atoms with Crippen LogP contribution in [0.4, 0.5) is 27.6 Å². The minimum atomic E-state index is -4.96. The molecule has 13 heteroatoms. The number of amides is 2. The number of H-pyrrole nitrogens is 1. The van der Waals surface area contributed by atoms with Gasteiger partial charge in [0.05, 0.1) is 16.6 Å². The summed E-state index contributed by atoms with van der Waals surface area (Å²) in [6.45, 7) is 0.0782. The van der Waals surface area contributed by atoms with Gasteiger partial charge in [-0.2, -0.15) is 18.3 Å². The Bertz CT molecular complexity index is 1510. The van der Waals surface area contributed by atoms with Crippen LogP contribution < -0.4 is 10.9 Å². The molecular weight excluding hydrogens is 525 g/mol. The Morgan fingerprint density at radius 1 is 1.15 bits per heavy atom. The second-order valence-corrected chi connectivity index (χ2v) is 9.88. The van der Waals surface area contributed by atoms with E-state index in [1.54, 1.807) is 7.05 Å². The normalized spacial score (nSPS) is 15.8. The van der Waals surface area contributed by atoms with Crippen molar-refractivity contribution in [1.29, 1.82) is 0 Å². The van der Waals surface area contributed by atoms with Crippen molar-refractivity contribution in [3.63, 3.8) is 0 Å². The minimum absolute atomic E-state index is 0.0821. The number of halogens is 5. The summed E-state index contributed by atoms with van der Waals surface area (Å²) in [4.78, 5) is 39.2. The standard InChI is InChI=1S/C26H24F5N5O3/c1-32-20-9-15(27)8-18-22(20)21(33-34-23(18)37)7-13-2-5-19(28)17(6-13)24(38)35-10-14(11-35)12-36(16-3-4-16)25(39)26(29,30)31/h2,5-6,8-9,14,16,32H,3-4,7,10-12H2,1H3,(H,34,37). The Hall–Kier alpha value is -4.03. The molecular formula is C26H24F5N5O3. The second-order valence-electron chi connectivity index (χ2n) is 9.88. The van der Waals surface area contributed by atoms with Gasteiger partial charge in [-0.15, -0.1) is 0 Å². The van der Waals surface area contributed by atoms with Crippen LogP contribution in [-0.4, -0.2) is 70.7 Å². The van der Waals surface area contributed by atoms with Gasteiger partial charge in [0.1, 0.15) is 11.6 Å². The van der Waals surface area contributed by atoms with E-state index in [1.807, 2.05) is 0 Å². The van der Waals surface area contributed by atoms with Crippen LogP contribution in [0.1, 0.15) is 34.5 Å². The lowest BCUT2D eigenvalue weighted by Crippen LogP contribution is -2.56. The zero-order valence-electron chi connectivity index (χ0n) is 20.7. The third kappa shape index (κ3) is 5.30. The molecule has 1 aliphatic heterocycles. The van der Waals surface area contributed by atoms with E-state index in [0.29, 0.717) is 35.2 Å². The zero-order chi connectivity index (χ0) is 28.1. The number of aromatic nitrogens is 2. The van der Waals surface area contributed by atoms with E-state index < -0.39 is 41.2 Å². The first-order valence-corrected chi connectivity index (χ1v) is 12.3. The van der Waals surface area contributed by atoms with Crippen LogP contribution in [0, 0.1) is 17.6 Å². The Morgan fingerprint density at radius 2 is 1.87 bits per heavy atom. The number of carbonyl (C=O) groups excluding carboxylic acids is 2. The number of benzene rings is 2. The number of nitrogens with zero attached hydrogens (tertiary/aromatic N) is 3. The number of hydrogen-bond acceptors (Lipinski definition) is 5. The monoisotopic (exact) mass is 549 g/mol. The first kappa shape index (κ1) is 26.6. The third-order valence-corrected chi connectivity index (χ3v) is 7.02. The third-order valence-electron chi connectivity index (χ3n) is 7.02. The molecule has 1 aliphatic carbocycles. The number of fused-ring (bicyclic) bond motifs is 1. The average molecular weight is 550 g/mol. The van der Waals surface area contributed by atoms with E-state index >= 15 is 0 Å². The maximum atomic E-state index is 14.7. The number of alkyl halides is 3. The molecule has 5 rings (SSSR count). The molecule has 1 saturated carbocycles. The van der Waals surface area contributed by atoms with Crippen molar-refractivity contribution in [2.75, 3.05) is 32.0 Å². The lowest BCUT2D eigenvalue weighted by Gasteiger charge is -2.42. The van der Waals surface area contributed by atoms with E-state index in [1.165, 1.54) is 23.1 Å². The summed E-state index contributed by atoms with van der Waals surface area (Å²) in [5.41, 5.74) is 0.416. The number of carbonyl (C=O) groups is 2. The molecule has 8 nitrogen and oxygen atoms in total. The van der Waals surface area contributed by atoms with Gasteiger partial charge in [0.15, 0.2) is 0 Å². The predicted octanol–water partition coefficient (Wildman–Crippen LogP) is 3.46. The SMILES string of the molecule is CNc1cc(F)cc2c(=O)[nH]nc(Cc3ccc(F)c(C(=O)N4CC(CN(C(=O)C(F)(F)F)C5CC5)C4)c3)c12. The molecule has 206 valence electrons. The molecule has 0 atom stereocenters. The molecule has 39 heavy (non-hydrogen) atoms. The number of likely N-dealkylation sites (tertiary alicyclic amines) is 1. The van der Waals surface area contributed by atoms with Gasteiger partial charge in [-0.3, -0.25) is 14.4 Å². The number of hydrogen-bond donors (Lipinski definition) is 2. The van der Waals surface area contributed by atoms with Gasteiger partial charge >= 0.3 is 12.1 Å². The lowest BCUT2D eigenvalue weighted by molar-refractivity contribution is -0.187. The van der Waals surface area contributed by atoms with Crippen molar-refractivity contribution in [3.05, 3.63) is 69.1 Å². The smallest absolute Gasteiger partial charge is 0.387 e. The summed E-state index contributed by atoms with van der Waals surface area (Å²) in [6, 6.07) is 5.82. The van der Waals surface area contributed by atoms with Gasteiger partial charge in [-0.1, -0.05) is 6.07 Å². The van der Waals surface area contributed by atoms with E-state index in [4.69, 9.17) is 0 Å². The van der Waals surface area contributed by atoms with Crippen molar-refractivity contribution < 1.29 is 31.5 Å². The zero-order valence-corrected chi connectivity index (χ0v) is 20.7. The van der Waals surface area contributed by atoms with Crippen molar-refractivity contribution in [3.8, 4) is 0 Å². The number of nitrogens with one attached hydrogen (secondary N) is 2. The fourth-order valence-corrected chi connectivity index (χ4v) is 4.94. The van der Waals surface area contributed by atoms with E-state index in [-0.39, 0.29) is 42.9 Å². The van der Waals surface area contributed by atoms with Crippen LogP contribution in [0.5, 0.6) is 0 Å². The number of anilines is 1. The maximum Gasteiger partial charge on any atom is 0.471 e. The molecule has 3 aromatic rings. The fourth-order valence-electron chi connectivity index (χ4n) is 4.94. The van der Waals surface area contributed by atoms with Crippen LogP contribution >= 0.6 is 0 Å². The van der Waals surface area contributed by atoms with Crippen LogP contribution in [0.3, 0.4) is 0 Å². The Morgan fingerprint density at radius 3 is 2.51 bits per heavy atom. The van der Waals surface area contributed by atoms with Crippen LogP contribution in [0.15, 0.2) is 35.1 Å². The minimum Gasteiger partial charge on any atom is -0.387 e. The summed E-state index contributed by atoms with van der Waals surface area (Å²) in [7, 11) is 1.57. The highest BCUT2D eigenvalue weighted by Crippen LogP contribution is 2.33. The topological polar surface area (TPSA) is 98.4 Å². The number of rotatable bonds is 7. The van der Waals surface area contributed by atoms with Crippen LogP contribution in [0.2, 0.25) is 0 Å². The predicted molar refractivity (Wildman–Crippen MR) is 131 cm³/mol. The van der Waals surface area contributed by atoms with Gasteiger partial charge < -0.3 is 15.1 Å². The molecule has 1 aromatic heterocycles. The average Bonchev–Trinajstić information content (AvgIpc) is 3.70. The molecule has 2 aliphatic rings. The Balaban J connectivity index is 1.32. The van der Waals surface area contributed by atoms with Crippen molar-refractivity contribution >= 4 is 28.3 Å². The summed E-state index contributed by atoms with van der Waals surface area (Å²) < 4.78 is 67.5. The maximum absolute atomic E-state index is 14.7. The van der Waals surface area contributed by atoms with Crippen molar-refractivity contribution in [2.45, 2.75) is 31.5 Å². The molecule has 0 radical (unpaired) electrons. The highest BCUT2D eigenvalue weighted by atomic mass is 19.4. The number of aromatic amines is 1. The summed E-state index contributed by atoms with van der Waals surface area (Å²) in [5.74, 6) is -4.22. The van der Waals surface area contributed by atoms with Crippen molar-refractivity contribution in [1.82, 2.24) is 20.0 Å². The fraction of sp³-hybridized carbons (Fsp3) is 0.385. The summed E-state index contributed by atoms with van der Waals surface area (Å²) >= 11 is 0. The molecule has 2 N–H and O–H groups in total. The van der Waals surface area contributed by atoms with Gasteiger partial charge in [-0.25, -0.2) is 13.9 Å². The Labute approximate surface area is 218 Å². The lowest BCUT2D eigenvalue weighted by atomic mass is 9.96. The van der Waals surface area contributed by atoms with Crippen molar-refractivity contribution in [2.24, 2.45) is 5.92 Å². The second kappa shape index (κ2) is 9.93. The van der Waals surface area contributed by atoms with Gasteiger partial charge in [0.25, 0.3) is 11.5 Å². The molecule has 0 spiro atoms. The molecule has 0 bridgehead atoms. The molecule has 2 amide bonds. The van der Waals surface area contributed by atoms with Crippen LogP contribution in [-0.2, 0) is 11.2 Å². The molecule has 0 unspecified atom stereocenters. The Kier molecular flexibility index (Phi) is 6.77. The molecule has 2 heterocycles. The summed E-state index contributed by atoms with van der Waals surface area (Å²) in [5, 5.41) is 9.72.